The zero-order chi connectivity index (χ0) is 10.4. The van der Waals surface area contributed by atoms with Crippen LogP contribution < -0.4 is 0 Å². The van der Waals surface area contributed by atoms with Gasteiger partial charge in [-0.2, -0.15) is 0 Å². The van der Waals surface area contributed by atoms with Gasteiger partial charge in [0.1, 0.15) is 0 Å². The summed E-state index contributed by atoms with van der Waals surface area (Å²) in [5.74, 6) is 0.591. The van der Waals surface area contributed by atoms with E-state index in [2.05, 4.69) is 11.8 Å². The highest BCUT2D eigenvalue weighted by molar-refractivity contribution is 6.18. The minimum Gasteiger partial charge on any atom is -0.385 e. The van der Waals surface area contributed by atoms with E-state index in [0.29, 0.717) is 11.9 Å². The number of morpholine rings is 1. The molecule has 4 heteroatoms. The third-order valence-electron chi connectivity index (χ3n) is 2.60. The molecule has 0 aromatic heterocycles. The van der Waals surface area contributed by atoms with Gasteiger partial charge in [0.05, 0.1) is 12.7 Å². The third kappa shape index (κ3) is 3.73. The number of alkyl halides is 1. The summed E-state index contributed by atoms with van der Waals surface area (Å²) >= 11 is 5.78. The monoisotopic (exact) mass is 221 g/mol. The Hall–Kier alpha value is 0.170. The Morgan fingerprint density at radius 3 is 3.00 bits per heavy atom. The molecule has 0 saturated carbocycles. The predicted molar refractivity (Wildman–Crippen MR) is 58.0 cm³/mol. The summed E-state index contributed by atoms with van der Waals surface area (Å²) in [6, 6.07) is 0.506. The normalized spacial score (nSPS) is 29.4. The molecule has 84 valence electrons. The lowest BCUT2D eigenvalue weighted by molar-refractivity contribution is -0.0493. The van der Waals surface area contributed by atoms with Crippen LogP contribution >= 0.6 is 11.6 Å². The second kappa shape index (κ2) is 6.62. The fourth-order valence-electron chi connectivity index (χ4n) is 1.69. The first-order chi connectivity index (χ1) is 6.77. The van der Waals surface area contributed by atoms with Crippen LogP contribution in [0.5, 0.6) is 0 Å². The molecule has 2 atom stereocenters. The average Bonchev–Trinajstić information content (AvgIpc) is 2.21. The molecule has 14 heavy (non-hydrogen) atoms. The first kappa shape index (κ1) is 12.2. The second-order valence-corrected chi connectivity index (χ2v) is 4.11. The Morgan fingerprint density at radius 1 is 1.57 bits per heavy atom. The van der Waals surface area contributed by atoms with Crippen LogP contribution in [0, 0.1) is 0 Å². The van der Waals surface area contributed by atoms with Crippen molar-refractivity contribution in [2.45, 2.75) is 25.5 Å². The van der Waals surface area contributed by atoms with Crippen LogP contribution in [0.2, 0.25) is 0 Å². The van der Waals surface area contributed by atoms with Crippen LogP contribution in [0.4, 0.5) is 0 Å². The summed E-state index contributed by atoms with van der Waals surface area (Å²) in [5, 5.41) is 0. The van der Waals surface area contributed by atoms with Crippen molar-refractivity contribution in [2.24, 2.45) is 0 Å². The van der Waals surface area contributed by atoms with E-state index in [-0.39, 0.29) is 6.10 Å². The Bertz CT molecular complexity index is 157. The van der Waals surface area contributed by atoms with Gasteiger partial charge in [-0.05, 0) is 13.3 Å². The molecule has 0 aromatic carbocycles. The Balaban J connectivity index is 2.25. The van der Waals surface area contributed by atoms with Gasteiger partial charge in [0.15, 0.2) is 0 Å². The maximum atomic E-state index is 5.78. The van der Waals surface area contributed by atoms with E-state index in [1.54, 1.807) is 7.11 Å². The maximum Gasteiger partial charge on any atom is 0.0837 e. The van der Waals surface area contributed by atoms with Crippen LogP contribution in [0.15, 0.2) is 0 Å². The molecule has 0 bridgehead atoms. The van der Waals surface area contributed by atoms with Crippen molar-refractivity contribution in [2.75, 3.05) is 39.3 Å². The van der Waals surface area contributed by atoms with Gasteiger partial charge in [0.2, 0.25) is 0 Å². The third-order valence-corrected chi connectivity index (χ3v) is 2.94. The molecule has 1 aliphatic rings. The highest BCUT2D eigenvalue weighted by atomic mass is 35.5. The van der Waals surface area contributed by atoms with E-state index in [1.807, 2.05) is 0 Å². The summed E-state index contributed by atoms with van der Waals surface area (Å²) in [5.41, 5.74) is 0. The predicted octanol–water partition coefficient (Wildman–Crippen LogP) is 1.35. The van der Waals surface area contributed by atoms with Crippen molar-refractivity contribution >= 4 is 11.6 Å². The molecule has 0 aromatic rings. The lowest BCUT2D eigenvalue weighted by Gasteiger charge is -2.37. The molecule has 1 aliphatic heterocycles. The van der Waals surface area contributed by atoms with Gasteiger partial charge in [-0.15, -0.1) is 11.6 Å². The van der Waals surface area contributed by atoms with E-state index >= 15 is 0 Å². The minimum atomic E-state index is 0.204. The van der Waals surface area contributed by atoms with Crippen LogP contribution in [0.25, 0.3) is 0 Å². The SMILES string of the molecule is COCCCN1CC(CCl)OCC1C. The largest absolute Gasteiger partial charge is 0.385 e. The molecule has 3 nitrogen and oxygen atoms in total. The quantitative estimate of drug-likeness (QED) is 0.517. The van der Waals surface area contributed by atoms with Crippen LogP contribution in [0.1, 0.15) is 13.3 Å². The Kier molecular flexibility index (Phi) is 5.78. The molecule has 0 amide bonds. The fraction of sp³-hybridized carbons (Fsp3) is 1.00. The van der Waals surface area contributed by atoms with Gasteiger partial charge in [-0.25, -0.2) is 0 Å². The van der Waals surface area contributed by atoms with E-state index in [4.69, 9.17) is 21.1 Å². The molecule has 1 fully saturated rings. The molecular weight excluding hydrogens is 202 g/mol. The number of methoxy groups -OCH3 is 1. The maximum absolute atomic E-state index is 5.78. The van der Waals surface area contributed by atoms with Gasteiger partial charge < -0.3 is 9.47 Å². The van der Waals surface area contributed by atoms with Crippen molar-refractivity contribution in [1.29, 1.82) is 0 Å². The summed E-state index contributed by atoms with van der Waals surface area (Å²) in [6.45, 7) is 5.84. The smallest absolute Gasteiger partial charge is 0.0837 e. The summed E-state index contributed by atoms with van der Waals surface area (Å²) in [4.78, 5) is 2.43. The Morgan fingerprint density at radius 2 is 2.36 bits per heavy atom. The first-order valence-corrected chi connectivity index (χ1v) is 5.72. The van der Waals surface area contributed by atoms with Crippen molar-refractivity contribution < 1.29 is 9.47 Å². The first-order valence-electron chi connectivity index (χ1n) is 5.18. The van der Waals surface area contributed by atoms with Crippen LogP contribution in [0.3, 0.4) is 0 Å². The van der Waals surface area contributed by atoms with Crippen LogP contribution in [-0.2, 0) is 9.47 Å². The Labute approximate surface area is 91.3 Å². The highest BCUT2D eigenvalue weighted by Crippen LogP contribution is 2.12. The van der Waals surface area contributed by atoms with Crippen molar-refractivity contribution in [3.05, 3.63) is 0 Å². The summed E-state index contributed by atoms with van der Waals surface area (Å²) in [7, 11) is 1.74. The molecule has 2 unspecified atom stereocenters. The molecule has 0 radical (unpaired) electrons. The van der Waals surface area contributed by atoms with E-state index in [1.165, 1.54) is 0 Å². The number of halogens is 1. The van der Waals surface area contributed by atoms with Gasteiger partial charge in [-0.3, -0.25) is 4.90 Å². The van der Waals surface area contributed by atoms with E-state index in [0.717, 1.165) is 32.7 Å². The zero-order valence-electron chi connectivity index (χ0n) is 9.04. The van der Waals surface area contributed by atoms with Gasteiger partial charge in [-0.1, -0.05) is 0 Å². The lowest BCUT2D eigenvalue weighted by atomic mass is 10.2. The number of nitrogens with zero attached hydrogens (tertiary/aromatic N) is 1. The molecular formula is C10H20ClNO2. The lowest BCUT2D eigenvalue weighted by Crippen LogP contribution is -2.49. The van der Waals surface area contributed by atoms with E-state index in [9.17, 15) is 0 Å². The molecule has 0 spiro atoms. The zero-order valence-corrected chi connectivity index (χ0v) is 9.79. The molecule has 0 aliphatic carbocycles. The van der Waals surface area contributed by atoms with Crippen molar-refractivity contribution in [3.8, 4) is 0 Å². The minimum absolute atomic E-state index is 0.204. The molecule has 1 heterocycles. The average molecular weight is 222 g/mol. The second-order valence-electron chi connectivity index (χ2n) is 3.80. The van der Waals surface area contributed by atoms with Crippen LogP contribution in [-0.4, -0.2) is 56.3 Å². The number of hydrogen-bond acceptors (Lipinski definition) is 3. The number of hydrogen-bond donors (Lipinski definition) is 0. The van der Waals surface area contributed by atoms with Crippen molar-refractivity contribution in [1.82, 2.24) is 4.90 Å². The summed E-state index contributed by atoms with van der Waals surface area (Å²) < 4.78 is 10.6. The number of ether oxygens (including phenoxy) is 2. The fourth-order valence-corrected chi connectivity index (χ4v) is 1.88. The van der Waals surface area contributed by atoms with Gasteiger partial charge in [0.25, 0.3) is 0 Å². The summed E-state index contributed by atoms with van der Waals surface area (Å²) in [6.07, 6.45) is 1.28. The van der Waals surface area contributed by atoms with Gasteiger partial charge >= 0.3 is 0 Å². The number of rotatable bonds is 5. The molecule has 1 saturated heterocycles. The molecule has 0 N–H and O–H groups in total. The highest BCUT2D eigenvalue weighted by Gasteiger charge is 2.24. The van der Waals surface area contributed by atoms with Crippen molar-refractivity contribution in [3.63, 3.8) is 0 Å². The van der Waals surface area contributed by atoms with Gasteiger partial charge in [0, 0.05) is 38.7 Å². The van der Waals surface area contributed by atoms with E-state index < -0.39 is 0 Å². The topological polar surface area (TPSA) is 21.7 Å². The standard InChI is InChI=1S/C10H20ClNO2/c1-9-8-14-10(6-11)7-12(9)4-3-5-13-2/h9-10H,3-8H2,1-2H3. The molecule has 1 rings (SSSR count).